The highest BCUT2D eigenvalue weighted by molar-refractivity contribution is 6.32. The molecule has 0 saturated heterocycles. The molecule has 2 aromatic rings. The van der Waals surface area contributed by atoms with Gasteiger partial charge in [-0.15, -0.1) is 0 Å². The molecular weight excluding hydrogens is 370 g/mol. The standard InChI is InChI=1S/C24H30ClNO2/c1-5-22(20-11-10-18-8-6-7-9-19(18)14-20)26-24(27)17(4)28-21-12-15(2)23(25)16(3)13-21/h10-14,17,22H,5-9H2,1-4H3,(H,26,27)/t17-,22-/m1/s1. The van der Waals surface area contributed by atoms with Crippen LogP contribution in [0.5, 0.6) is 5.75 Å². The van der Waals surface area contributed by atoms with Crippen LogP contribution in [0.1, 0.15) is 67.0 Å². The first-order chi connectivity index (χ1) is 13.4. The minimum atomic E-state index is -0.577. The molecule has 3 nitrogen and oxygen atoms in total. The summed E-state index contributed by atoms with van der Waals surface area (Å²) in [6.07, 6.45) is 5.11. The molecule has 0 bridgehead atoms. The van der Waals surface area contributed by atoms with Crippen molar-refractivity contribution in [2.24, 2.45) is 0 Å². The third-order valence-electron chi connectivity index (χ3n) is 5.59. The van der Waals surface area contributed by atoms with Gasteiger partial charge in [0.2, 0.25) is 0 Å². The zero-order chi connectivity index (χ0) is 20.3. The second-order valence-electron chi connectivity index (χ2n) is 7.84. The van der Waals surface area contributed by atoms with Crippen LogP contribution < -0.4 is 10.1 Å². The molecule has 0 aromatic heterocycles. The first-order valence-electron chi connectivity index (χ1n) is 10.2. The maximum Gasteiger partial charge on any atom is 0.261 e. The third-order valence-corrected chi connectivity index (χ3v) is 6.19. The molecule has 1 N–H and O–H groups in total. The van der Waals surface area contributed by atoms with Gasteiger partial charge in [0.25, 0.3) is 5.91 Å². The number of aryl methyl sites for hydroxylation is 4. The lowest BCUT2D eigenvalue weighted by atomic mass is 9.89. The Morgan fingerprint density at radius 3 is 2.39 bits per heavy atom. The van der Waals surface area contributed by atoms with Crippen molar-refractivity contribution >= 4 is 17.5 Å². The number of ether oxygens (including phenoxy) is 1. The molecule has 1 aliphatic carbocycles. The predicted octanol–water partition coefficient (Wildman–Crippen LogP) is 5.87. The fourth-order valence-electron chi connectivity index (χ4n) is 3.91. The van der Waals surface area contributed by atoms with Gasteiger partial charge in [0.1, 0.15) is 5.75 Å². The van der Waals surface area contributed by atoms with Gasteiger partial charge in [-0.3, -0.25) is 4.79 Å². The first-order valence-corrected chi connectivity index (χ1v) is 10.6. The van der Waals surface area contributed by atoms with Gasteiger partial charge in [-0.2, -0.15) is 0 Å². The van der Waals surface area contributed by atoms with E-state index in [-0.39, 0.29) is 11.9 Å². The Hall–Kier alpha value is -2.00. The highest BCUT2D eigenvalue weighted by Crippen LogP contribution is 2.28. The summed E-state index contributed by atoms with van der Waals surface area (Å²) < 4.78 is 5.89. The molecule has 0 saturated carbocycles. The molecule has 0 unspecified atom stereocenters. The molecule has 2 atom stereocenters. The quantitative estimate of drug-likeness (QED) is 0.659. The molecular formula is C24H30ClNO2. The second-order valence-corrected chi connectivity index (χ2v) is 8.21. The second kappa shape index (κ2) is 9.00. The summed E-state index contributed by atoms with van der Waals surface area (Å²) in [4.78, 5) is 12.8. The highest BCUT2D eigenvalue weighted by Gasteiger charge is 2.21. The van der Waals surface area contributed by atoms with Crippen molar-refractivity contribution in [3.05, 3.63) is 63.2 Å². The lowest BCUT2D eigenvalue weighted by Gasteiger charge is -2.23. The molecule has 0 radical (unpaired) electrons. The summed E-state index contributed by atoms with van der Waals surface area (Å²) >= 11 is 6.22. The van der Waals surface area contributed by atoms with Crippen molar-refractivity contribution in [3.8, 4) is 5.75 Å². The molecule has 28 heavy (non-hydrogen) atoms. The van der Waals surface area contributed by atoms with E-state index in [0.717, 1.165) is 29.0 Å². The zero-order valence-corrected chi connectivity index (χ0v) is 18.0. The summed E-state index contributed by atoms with van der Waals surface area (Å²) in [5, 5.41) is 3.90. The zero-order valence-electron chi connectivity index (χ0n) is 17.3. The van der Waals surface area contributed by atoms with E-state index in [9.17, 15) is 4.79 Å². The van der Waals surface area contributed by atoms with E-state index in [0.29, 0.717) is 5.75 Å². The van der Waals surface area contributed by atoms with Crippen LogP contribution in [0.3, 0.4) is 0 Å². The summed E-state index contributed by atoms with van der Waals surface area (Å²) in [6.45, 7) is 7.77. The average molecular weight is 400 g/mol. The van der Waals surface area contributed by atoms with Crippen LogP contribution in [0, 0.1) is 13.8 Å². The first kappa shape index (κ1) is 20.7. The van der Waals surface area contributed by atoms with E-state index in [1.54, 1.807) is 6.92 Å². The van der Waals surface area contributed by atoms with Crippen molar-refractivity contribution < 1.29 is 9.53 Å². The number of rotatable bonds is 6. The van der Waals surface area contributed by atoms with Crippen LogP contribution in [0.4, 0.5) is 0 Å². The van der Waals surface area contributed by atoms with Gasteiger partial charge in [0.05, 0.1) is 6.04 Å². The Kier molecular flexibility index (Phi) is 6.66. The number of carbonyl (C=O) groups excluding carboxylic acids is 1. The van der Waals surface area contributed by atoms with Crippen LogP contribution in [-0.4, -0.2) is 12.0 Å². The molecule has 0 heterocycles. The van der Waals surface area contributed by atoms with Crippen LogP contribution in [0.15, 0.2) is 30.3 Å². The average Bonchev–Trinajstić information content (AvgIpc) is 2.69. The Balaban J connectivity index is 1.68. The van der Waals surface area contributed by atoms with Gasteiger partial charge in [-0.1, -0.05) is 36.7 Å². The third kappa shape index (κ3) is 4.70. The number of benzene rings is 2. The molecule has 1 aliphatic rings. The molecule has 3 rings (SSSR count). The molecule has 4 heteroatoms. The molecule has 150 valence electrons. The van der Waals surface area contributed by atoms with Gasteiger partial charge < -0.3 is 10.1 Å². The smallest absolute Gasteiger partial charge is 0.261 e. The van der Waals surface area contributed by atoms with Crippen LogP contribution >= 0.6 is 11.6 Å². The highest BCUT2D eigenvalue weighted by atomic mass is 35.5. The number of nitrogens with one attached hydrogen (secondary N) is 1. The summed E-state index contributed by atoms with van der Waals surface area (Å²) in [7, 11) is 0. The number of amides is 1. The van der Waals surface area contributed by atoms with Crippen LogP contribution in [0.2, 0.25) is 5.02 Å². The molecule has 0 aliphatic heterocycles. The van der Waals surface area contributed by atoms with E-state index in [1.807, 2.05) is 26.0 Å². The Labute approximate surface area is 173 Å². The maximum absolute atomic E-state index is 12.8. The van der Waals surface area contributed by atoms with Crippen molar-refractivity contribution in [2.45, 2.75) is 71.9 Å². The number of halogens is 1. The number of carbonyl (C=O) groups is 1. The van der Waals surface area contributed by atoms with Gasteiger partial charge in [-0.05, 0) is 92.8 Å². The number of fused-ring (bicyclic) bond motifs is 1. The molecule has 1 amide bonds. The van der Waals surface area contributed by atoms with Gasteiger partial charge in [0, 0.05) is 5.02 Å². The Bertz CT molecular complexity index is 839. The van der Waals surface area contributed by atoms with E-state index < -0.39 is 6.10 Å². The van der Waals surface area contributed by atoms with Crippen molar-refractivity contribution in [1.29, 1.82) is 0 Å². The predicted molar refractivity (Wildman–Crippen MR) is 115 cm³/mol. The summed E-state index contributed by atoms with van der Waals surface area (Å²) in [5.74, 6) is 0.568. The van der Waals surface area contributed by atoms with E-state index in [2.05, 4.69) is 30.4 Å². The number of hydrogen-bond acceptors (Lipinski definition) is 2. The fraction of sp³-hybridized carbons (Fsp3) is 0.458. The van der Waals surface area contributed by atoms with Crippen LogP contribution in [0.25, 0.3) is 0 Å². The largest absolute Gasteiger partial charge is 0.481 e. The SMILES string of the molecule is CC[C@@H](NC(=O)[C@@H](C)Oc1cc(C)c(Cl)c(C)c1)c1ccc2c(c1)CCCC2. The lowest BCUT2D eigenvalue weighted by molar-refractivity contribution is -0.128. The van der Waals surface area contributed by atoms with Crippen molar-refractivity contribution in [2.75, 3.05) is 0 Å². The lowest BCUT2D eigenvalue weighted by Crippen LogP contribution is -2.38. The topological polar surface area (TPSA) is 38.3 Å². The van der Waals surface area contributed by atoms with Gasteiger partial charge >= 0.3 is 0 Å². The normalized spacial score (nSPS) is 15.5. The van der Waals surface area contributed by atoms with E-state index >= 15 is 0 Å². The summed E-state index contributed by atoms with van der Waals surface area (Å²) in [6, 6.07) is 10.4. The van der Waals surface area contributed by atoms with Gasteiger partial charge in [-0.25, -0.2) is 0 Å². The van der Waals surface area contributed by atoms with E-state index in [1.165, 1.54) is 36.0 Å². The van der Waals surface area contributed by atoms with Crippen molar-refractivity contribution in [1.82, 2.24) is 5.32 Å². The fourth-order valence-corrected chi connectivity index (χ4v) is 4.02. The van der Waals surface area contributed by atoms with E-state index in [4.69, 9.17) is 16.3 Å². The Morgan fingerprint density at radius 1 is 1.11 bits per heavy atom. The Morgan fingerprint density at radius 2 is 1.75 bits per heavy atom. The minimum absolute atomic E-state index is 0.000494. The van der Waals surface area contributed by atoms with Gasteiger partial charge in [0.15, 0.2) is 6.10 Å². The monoisotopic (exact) mass is 399 g/mol. The number of hydrogen-bond donors (Lipinski definition) is 1. The summed E-state index contributed by atoms with van der Waals surface area (Å²) in [5.41, 5.74) is 5.98. The molecule has 0 fully saturated rings. The maximum atomic E-state index is 12.8. The molecule has 0 spiro atoms. The van der Waals surface area contributed by atoms with Crippen LogP contribution in [-0.2, 0) is 17.6 Å². The van der Waals surface area contributed by atoms with Crippen molar-refractivity contribution in [3.63, 3.8) is 0 Å². The molecule has 2 aromatic carbocycles. The minimum Gasteiger partial charge on any atom is -0.481 e.